The molecule has 0 bridgehead atoms. The highest BCUT2D eigenvalue weighted by Gasteiger charge is 1.96. The molecule has 0 heterocycles. The molecule has 0 fully saturated rings. The Morgan fingerprint density at radius 2 is 1.79 bits per heavy atom. The van der Waals surface area contributed by atoms with Gasteiger partial charge < -0.3 is 10.4 Å². The first kappa shape index (κ1) is 9.98. The molecule has 0 radical (unpaired) electrons. The van der Waals surface area contributed by atoms with Gasteiger partial charge >= 0.3 is 5.97 Å². The lowest BCUT2D eigenvalue weighted by atomic mass is 10.3. The number of benzene rings is 1. The quantitative estimate of drug-likeness (QED) is 0.707. The van der Waals surface area contributed by atoms with Gasteiger partial charge in [-0.1, -0.05) is 18.2 Å². The van der Waals surface area contributed by atoms with Gasteiger partial charge in [0, 0.05) is 17.8 Å². The number of nitrogens with one attached hydrogen (secondary N) is 1. The van der Waals surface area contributed by atoms with E-state index in [0.717, 1.165) is 12.2 Å². The molecule has 1 amide bonds. The van der Waals surface area contributed by atoms with Crippen molar-refractivity contribution in [3.63, 3.8) is 0 Å². The highest BCUT2D eigenvalue weighted by Crippen LogP contribution is 2.04. The molecule has 4 nitrogen and oxygen atoms in total. The molecule has 4 heteroatoms. The van der Waals surface area contributed by atoms with Crippen LogP contribution in [0, 0.1) is 0 Å². The van der Waals surface area contributed by atoms with E-state index in [4.69, 9.17) is 5.11 Å². The van der Waals surface area contributed by atoms with Gasteiger partial charge in [-0.3, -0.25) is 4.79 Å². The summed E-state index contributed by atoms with van der Waals surface area (Å²) in [4.78, 5) is 21.1. The van der Waals surface area contributed by atoms with Crippen LogP contribution < -0.4 is 5.32 Å². The number of para-hydroxylation sites is 1. The van der Waals surface area contributed by atoms with E-state index in [-0.39, 0.29) is 0 Å². The molecule has 0 aliphatic heterocycles. The molecular formula is C10H9NO3. The molecule has 0 aromatic heterocycles. The SMILES string of the molecule is O=C(O)/C=C/C(=O)Nc1ccccc1. The first-order valence-corrected chi connectivity index (χ1v) is 3.95. The number of hydrogen-bond donors (Lipinski definition) is 2. The van der Waals surface area contributed by atoms with Crippen LogP contribution in [0.2, 0.25) is 0 Å². The van der Waals surface area contributed by atoms with Crippen LogP contribution >= 0.6 is 0 Å². The largest absolute Gasteiger partial charge is 0.478 e. The standard InChI is InChI=1S/C10H9NO3/c12-9(6-7-10(13)14)11-8-4-2-1-3-5-8/h1-7H,(H,11,12)(H,13,14)/b7-6+. The molecule has 1 rings (SSSR count). The number of amides is 1. The van der Waals surface area contributed by atoms with Crippen LogP contribution in [0.5, 0.6) is 0 Å². The van der Waals surface area contributed by atoms with Crippen LogP contribution in [0.3, 0.4) is 0 Å². The van der Waals surface area contributed by atoms with E-state index >= 15 is 0 Å². The van der Waals surface area contributed by atoms with Gasteiger partial charge in [0.2, 0.25) is 5.91 Å². The van der Waals surface area contributed by atoms with Gasteiger partial charge in [-0.15, -0.1) is 0 Å². The van der Waals surface area contributed by atoms with Crippen LogP contribution in [-0.4, -0.2) is 17.0 Å². The second kappa shape index (κ2) is 4.81. The van der Waals surface area contributed by atoms with E-state index in [1.54, 1.807) is 24.3 Å². The second-order valence-electron chi connectivity index (χ2n) is 2.53. The lowest BCUT2D eigenvalue weighted by molar-refractivity contribution is -0.131. The summed E-state index contributed by atoms with van der Waals surface area (Å²) in [7, 11) is 0. The van der Waals surface area contributed by atoms with E-state index in [1.807, 2.05) is 6.07 Å². The topological polar surface area (TPSA) is 66.4 Å². The van der Waals surface area contributed by atoms with Crippen molar-refractivity contribution >= 4 is 17.6 Å². The summed E-state index contributed by atoms with van der Waals surface area (Å²) in [6.45, 7) is 0. The van der Waals surface area contributed by atoms with Gasteiger partial charge in [-0.05, 0) is 12.1 Å². The third-order valence-corrected chi connectivity index (χ3v) is 1.42. The van der Waals surface area contributed by atoms with Crippen LogP contribution in [-0.2, 0) is 9.59 Å². The van der Waals surface area contributed by atoms with Gasteiger partial charge in [0.25, 0.3) is 0 Å². The lowest BCUT2D eigenvalue weighted by Crippen LogP contribution is -2.08. The van der Waals surface area contributed by atoms with E-state index < -0.39 is 11.9 Å². The van der Waals surface area contributed by atoms with Crippen molar-refractivity contribution < 1.29 is 14.7 Å². The molecule has 1 aromatic carbocycles. The van der Waals surface area contributed by atoms with Crippen molar-refractivity contribution in [2.24, 2.45) is 0 Å². The van der Waals surface area contributed by atoms with E-state index in [9.17, 15) is 9.59 Å². The molecule has 0 spiro atoms. The Morgan fingerprint density at radius 1 is 1.14 bits per heavy atom. The van der Waals surface area contributed by atoms with Gasteiger partial charge in [0.05, 0.1) is 0 Å². The molecule has 0 unspecified atom stereocenters. The van der Waals surface area contributed by atoms with Crippen molar-refractivity contribution in [1.82, 2.24) is 0 Å². The van der Waals surface area contributed by atoms with Gasteiger partial charge in [-0.25, -0.2) is 4.79 Å². The smallest absolute Gasteiger partial charge is 0.328 e. The Bertz CT molecular complexity index is 357. The van der Waals surface area contributed by atoms with Crippen molar-refractivity contribution in [2.45, 2.75) is 0 Å². The summed E-state index contributed by atoms with van der Waals surface area (Å²) in [5.41, 5.74) is 0.632. The molecule has 0 saturated heterocycles. The molecule has 0 aliphatic carbocycles. The molecule has 0 saturated carbocycles. The Hall–Kier alpha value is -2.10. The Morgan fingerprint density at radius 3 is 2.36 bits per heavy atom. The van der Waals surface area contributed by atoms with Crippen molar-refractivity contribution in [3.8, 4) is 0 Å². The van der Waals surface area contributed by atoms with Crippen LogP contribution in [0.1, 0.15) is 0 Å². The maximum Gasteiger partial charge on any atom is 0.328 e. The molecule has 0 atom stereocenters. The minimum absolute atomic E-state index is 0.460. The van der Waals surface area contributed by atoms with Crippen molar-refractivity contribution in [3.05, 3.63) is 42.5 Å². The number of carboxylic acid groups (broad SMARTS) is 1. The predicted molar refractivity (Wildman–Crippen MR) is 51.8 cm³/mol. The molecule has 1 aromatic rings. The third-order valence-electron chi connectivity index (χ3n) is 1.42. The fourth-order valence-electron chi connectivity index (χ4n) is 0.852. The monoisotopic (exact) mass is 191 g/mol. The highest BCUT2D eigenvalue weighted by atomic mass is 16.4. The summed E-state index contributed by atoms with van der Waals surface area (Å²) in [5.74, 6) is -1.60. The first-order valence-electron chi connectivity index (χ1n) is 3.95. The average Bonchev–Trinajstić information content (AvgIpc) is 2.16. The number of aliphatic carboxylic acids is 1. The van der Waals surface area contributed by atoms with Crippen LogP contribution in [0.25, 0.3) is 0 Å². The van der Waals surface area contributed by atoms with Crippen LogP contribution in [0.4, 0.5) is 5.69 Å². The molecule has 72 valence electrons. The third kappa shape index (κ3) is 3.53. The molecule has 0 aliphatic rings. The van der Waals surface area contributed by atoms with E-state index in [0.29, 0.717) is 5.69 Å². The minimum atomic E-state index is -1.15. The summed E-state index contributed by atoms with van der Waals surface area (Å²) < 4.78 is 0. The fourth-order valence-corrected chi connectivity index (χ4v) is 0.852. The molecule has 14 heavy (non-hydrogen) atoms. The normalized spacial score (nSPS) is 10.0. The Kier molecular flexibility index (Phi) is 3.43. The lowest BCUT2D eigenvalue weighted by Gasteiger charge is -1.99. The summed E-state index contributed by atoms with van der Waals surface area (Å²) in [5, 5.41) is 10.8. The van der Waals surface area contributed by atoms with Crippen molar-refractivity contribution in [2.75, 3.05) is 5.32 Å². The number of hydrogen-bond acceptors (Lipinski definition) is 2. The Balaban J connectivity index is 2.54. The number of rotatable bonds is 3. The Labute approximate surface area is 80.9 Å². The zero-order chi connectivity index (χ0) is 10.4. The number of carbonyl (C=O) groups excluding carboxylic acids is 1. The molecule has 2 N–H and O–H groups in total. The van der Waals surface area contributed by atoms with Gasteiger partial charge in [0.15, 0.2) is 0 Å². The predicted octanol–water partition coefficient (Wildman–Crippen LogP) is 1.27. The maximum absolute atomic E-state index is 11.1. The summed E-state index contributed by atoms with van der Waals surface area (Å²) in [6.07, 6.45) is 1.76. The number of carbonyl (C=O) groups is 2. The average molecular weight is 191 g/mol. The summed E-state index contributed by atoms with van der Waals surface area (Å²) >= 11 is 0. The summed E-state index contributed by atoms with van der Waals surface area (Å²) in [6, 6.07) is 8.80. The first-order chi connectivity index (χ1) is 6.68. The van der Waals surface area contributed by atoms with E-state index in [1.165, 1.54) is 0 Å². The van der Waals surface area contributed by atoms with E-state index in [2.05, 4.69) is 5.32 Å². The number of anilines is 1. The highest BCUT2D eigenvalue weighted by molar-refractivity contribution is 6.02. The fraction of sp³-hybridized carbons (Fsp3) is 0. The zero-order valence-corrected chi connectivity index (χ0v) is 7.31. The van der Waals surface area contributed by atoms with Crippen molar-refractivity contribution in [1.29, 1.82) is 0 Å². The number of carboxylic acids is 1. The minimum Gasteiger partial charge on any atom is -0.478 e. The maximum atomic E-state index is 11.1. The van der Waals surface area contributed by atoms with Gasteiger partial charge in [0.1, 0.15) is 0 Å². The zero-order valence-electron chi connectivity index (χ0n) is 7.31. The second-order valence-corrected chi connectivity index (χ2v) is 2.53. The molecular weight excluding hydrogens is 182 g/mol. The van der Waals surface area contributed by atoms with Crippen LogP contribution in [0.15, 0.2) is 42.5 Å². The van der Waals surface area contributed by atoms with Gasteiger partial charge in [-0.2, -0.15) is 0 Å².